The van der Waals surface area contributed by atoms with Gasteiger partial charge < -0.3 is 14.6 Å². The van der Waals surface area contributed by atoms with Gasteiger partial charge in [0.2, 0.25) is 0 Å². The number of pyridine rings is 1. The molecule has 0 bridgehead atoms. The van der Waals surface area contributed by atoms with E-state index >= 15 is 0 Å². The van der Waals surface area contributed by atoms with Crippen molar-refractivity contribution in [2.24, 2.45) is 4.99 Å². The van der Waals surface area contributed by atoms with Crippen LogP contribution in [-0.4, -0.2) is 28.7 Å². The zero-order chi connectivity index (χ0) is 29.4. The Labute approximate surface area is 250 Å². The summed E-state index contributed by atoms with van der Waals surface area (Å²) in [6.45, 7) is 6.06. The predicted molar refractivity (Wildman–Crippen MR) is 169 cm³/mol. The number of carbonyl (C=O) groups is 1. The Morgan fingerprint density at radius 3 is 2.19 bits per heavy atom. The maximum Gasteiger partial charge on any atom is 0.303 e. The zero-order valence-corrected chi connectivity index (χ0v) is 24.2. The van der Waals surface area contributed by atoms with Crippen LogP contribution < -0.4 is 9.47 Å². The van der Waals surface area contributed by atoms with Crippen molar-refractivity contribution in [3.63, 3.8) is 0 Å². The molecule has 1 N–H and O–H groups in total. The number of aliphatic imine (C=N–C) groups is 1. The third kappa shape index (κ3) is 6.98. The Bertz CT molecular complexity index is 1670. The van der Waals surface area contributed by atoms with Crippen molar-refractivity contribution < 1.29 is 19.4 Å². The molecule has 5 rings (SSSR count). The first-order valence-electron chi connectivity index (χ1n) is 13.7. The highest BCUT2D eigenvalue weighted by atomic mass is 32.2. The third-order valence-corrected chi connectivity index (χ3v) is 8.23. The molecule has 0 amide bonds. The number of hydrogen-bond acceptors (Lipinski definition) is 6. The van der Waals surface area contributed by atoms with Crippen LogP contribution in [0.25, 0.3) is 10.9 Å². The molecular weight excluding hydrogens is 544 g/mol. The molecule has 0 radical (unpaired) electrons. The van der Waals surface area contributed by atoms with Gasteiger partial charge in [0.15, 0.2) is 0 Å². The van der Waals surface area contributed by atoms with E-state index in [1.807, 2.05) is 109 Å². The Hall–Kier alpha value is -4.62. The second-order valence-corrected chi connectivity index (χ2v) is 11.1. The highest BCUT2D eigenvalue weighted by Crippen LogP contribution is 2.38. The Kier molecular flexibility index (Phi) is 9.19. The summed E-state index contributed by atoms with van der Waals surface area (Å²) in [6, 6.07) is 35.6. The molecule has 1 heterocycles. The second kappa shape index (κ2) is 13.4. The van der Waals surface area contributed by atoms with Crippen molar-refractivity contribution in [2.45, 2.75) is 36.7 Å². The number of hydrogen-bond donors (Lipinski definition) is 1. The first-order valence-corrected chi connectivity index (χ1v) is 14.6. The summed E-state index contributed by atoms with van der Waals surface area (Å²) in [5.41, 5.74) is 4.13. The Balaban J connectivity index is 1.26. The van der Waals surface area contributed by atoms with Crippen LogP contribution in [0.1, 0.15) is 36.6 Å². The fourth-order valence-corrected chi connectivity index (χ4v) is 5.64. The number of carboxylic acid groups (broad SMARTS) is 1. The van der Waals surface area contributed by atoms with Crippen LogP contribution in [-0.2, 0) is 16.8 Å². The van der Waals surface area contributed by atoms with Gasteiger partial charge in [0.25, 0.3) is 0 Å². The number of fused-ring (bicyclic) bond motifs is 1. The predicted octanol–water partition coefficient (Wildman–Crippen LogP) is 8.45. The van der Waals surface area contributed by atoms with Gasteiger partial charge in [-0.25, -0.2) is 4.98 Å². The van der Waals surface area contributed by atoms with E-state index < -0.39 is 11.4 Å². The number of benzene rings is 4. The van der Waals surface area contributed by atoms with Crippen molar-refractivity contribution in [1.29, 1.82) is 0 Å². The topological polar surface area (TPSA) is 81.0 Å². The van der Waals surface area contributed by atoms with Gasteiger partial charge in [-0.15, -0.1) is 0 Å². The summed E-state index contributed by atoms with van der Waals surface area (Å²) >= 11 is 1.55. The van der Waals surface area contributed by atoms with E-state index in [1.54, 1.807) is 11.8 Å². The van der Waals surface area contributed by atoms with Crippen LogP contribution >= 0.6 is 11.8 Å². The van der Waals surface area contributed by atoms with E-state index in [1.165, 1.54) is 0 Å². The lowest BCUT2D eigenvalue weighted by Crippen LogP contribution is -2.25. The molecule has 4 aromatic carbocycles. The molecule has 0 spiro atoms. The fraction of sp³-hybridized carbons (Fsp3) is 0.171. The molecule has 0 saturated heterocycles. The summed E-state index contributed by atoms with van der Waals surface area (Å²) in [5, 5.41) is 10.6. The number of para-hydroxylation sites is 2. The van der Waals surface area contributed by atoms with E-state index in [9.17, 15) is 9.90 Å². The van der Waals surface area contributed by atoms with Crippen LogP contribution in [0, 0.1) is 0 Å². The van der Waals surface area contributed by atoms with Crippen LogP contribution in [0.15, 0.2) is 119 Å². The highest BCUT2D eigenvalue weighted by Gasteiger charge is 2.30. The minimum Gasteiger partial charge on any atom is -0.487 e. The van der Waals surface area contributed by atoms with Gasteiger partial charge >= 0.3 is 5.97 Å². The Morgan fingerprint density at radius 2 is 1.50 bits per heavy atom. The molecule has 0 aliphatic rings. The lowest BCUT2D eigenvalue weighted by Gasteiger charge is -2.31. The average molecular weight is 577 g/mol. The first-order chi connectivity index (χ1) is 20.4. The van der Waals surface area contributed by atoms with E-state index in [4.69, 9.17) is 9.47 Å². The average Bonchev–Trinajstić information content (AvgIpc) is 3.03. The molecule has 212 valence electrons. The normalized spacial score (nSPS) is 12.4. The zero-order valence-electron chi connectivity index (χ0n) is 23.4. The smallest absolute Gasteiger partial charge is 0.303 e. The molecule has 7 heteroatoms. The summed E-state index contributed by atoms with van der Waals surface area (Å²) < 4.78 is 12.0. The number of carboxylic acids is 1. The third-order valence-electron chi connectivity index (χ3n) is 7.34. The van der Waals surface area contributed by atoms with Crippen molar-refractivity contribution in [2.75, 3.05) is 5.94 Å². The number of rotatable bonds is 13. The molecule has 6 nitrogen and oxygen atoms in total. The van der Waals surface area contributed by atoms with Gasteiger partial charge in [0.1, 0.15) is 24.0 Å². The molecule has 0 fully saturated rings. The highest BCUT2D eigenvalue weighted by molar-refractivity contribution is 7.99. The van der Waals surface area contributed by atoms with E-state index in [-0.39, 0.29) is 6.42 Å². The standard InChI is InChI=1S/C35H32N2O4S/c1-35(22-21-34(38)39,27-14-19-30(20-15-27)41-24-42-33-10-6-5-9-32(33)36-2)26-12-17-29(18-13-26)40-23-28-16-11-25-7-3-4-8-31(25)37-28/h3-20H,2,21-24H2,1H3,(H,38,39). The summed E-state index contributed by atoms with van der Waals surface area (Å²) in [4.78, 5) is 21.3. The first kappa shape index (κ1) is 28.9. The minimum atomic E-state index is -0.824. The molecule has 0 aliphatic carbocycles. The van der Waals surface area contributed by atoms with Gasteiger partial charge in [-0.3, -0.25) is 9.79 Å². The van der Waals surface area contributed by atoms with Crippen LogP contribution in [0.5, 0.6) is 11.5 Å². The maximum atomic E-state index is 11.5. The van der Waals surface area contributed by atoms with Crippen molar-refractivity contribution in [3.8, 4) is 11.5 Å². The van der Waals surface area contributed by atoms with Gasteiger partial charge in [0.05, 0.1) is 16.9 Å². The fourth-order valence-electron chi connectivity index (χ4n) is 4.87. The molecule has 0 saturated carbocycles. The van der Waals surface area contributed by atoms with Gasteiger partial charge in [-0.1, -0.05) is 79.3 Å². The summed E-state index contributed by atoms with van der Waals surface area (Å²) in [5.74, 6) is 1.07. The molecule has 1 unspecified atom stereocenters. The van der Waals surface area contributed by atoms with Crippen LogP contribution in [0.3, 0.4) is 0 Å². The summed E-state index contributed by atoms with van der Waals surface area (Å²) in [6.07, 6.45) is 0.499. The summed E-state index contributed by atoms with van der Waals surface area (Å²) in [7, 11) is 0. The van der Waals surface area contributed by atoms with Crippen molar-refractivity contribution in [1.82, 2.24) is 4.98 Å². The molecule has 0 aliphatic heterocycles. The van der Waals surface area contributed by atoms with Crippen molar-refractivity contribution in [3.05, 3.63) is 126 Å². The number of ether oxygens (including phenoxy) is 2. The number of thioether (sulfide) groups is 1. The van der Waals surface area contributed by atoms with Gasteiger partial charge in [0, 0.05) is 22.1 Å². The minimum absolute atomic E-state index is 0.0496. The Morgan fingerprint density at radius 1 is 0.857 bits per heavy atom. The lowest BCUT2D eigenvalue weighted by atomic mass is 9.73. The maximum absolute atomic E-state index is 11.5. The molecular formula is C35H32N2O4S. The molecule has 42 heavy (non-hydrogen) atoms. The largest absolute Gasteiger partial charge is 0.487 e. The molecule has 1 atom stereocenters. The monoisotopic (exact) mass is 576 g/mol. The van der Waals surface area contributed by atoms with Gasteiger partial charge in [-0.05, 0) is 72.8 Å². The van der Waals surface area contributed by atoms with E-state index in [2.05, 4.69) is 23.6 Å². The van der Waals surface area contributed by atoms with Crippen molar-refractivity contribution >= 4 is 41.0 Å². The number of aliphatic carboxylic acids is 1. The lowest BCUT2D eigenvalue weighted by molar-refractivity contribution is -0.137. The quantitative estimate of drug-likeness (QED) is 0.0860. The number of nitrogens with zero attached hydrogens (tertiary/aromatic N) is 2. The van der Waals surface area contributed by atoms with Crippen LogP contribution in [0.4, 0.5) is 5.69 Å². The number of aromatic nitrogens is 1. The molecule has 5 aromatic rings. The van der Waals surface area contributed by atoms with E-state index in [0.717, 1.165) is 49.8 Å². The SMILES string of the molecule is C=Nc1ccccc1SCOc1ccc(C(C)(CCC(=O)O)c2ccc(OCc3ccc4ccccc4n3)cc2)cc1. The van der Waals surface area contributed by atoms with Gasteiger partial charge in [-0.2, -0.15) is 0 Å². The molecule has 1 aromatic heterocycles. The second-order valence-electron chi connectivity index (χ2n) is 10.1. The van der Waals surface area contributed by atoms with E-state index in [0.29, 0.717) is 19.0 Å². The van der Waals surface area contributed by atoms with Crippen LogP contribution in [0.2, 0.25) is 0 Å².